The summed E-state index contributed by atoms with van der Waals surface area (Å²) in [7, 11) is 1.45. The maximum absolute atomic E-state index is 14.3. The van der Waals surface area contributed by atoms with Crippen molar-refractivity contribution in [3.63, 3.8) is 0 Å². The third-order valence-corrected chi connectivity index (χ3v) is 4.94. The first-order chi connectivity index (χ1) is 12.7. The van der Waals surface area contributed by atoms with Crippen LogP contribution in [-0.2, 0) is 9.47 Å². The van der Waals surface area contributed by atoms with Gasteiger partial charge in [-0.05, 0) is 45.7 Å². The SMILES string of the molecule is COc1ccc(C(=O)C2CC3COCC(C2)N3C(=O)OC(C)(C)C)c(F)c1. The number of ketones is 1. The van der Waals surface area contributed by atoms with Crippen LogP contribution in [-0.4, -0.2) is 54.8 Å². The standard InChI is InChI=1S/C20H26FNO5/c1-20(2,3)27-19(24)22-13-7-12(8-14(22)11-26-10-13)18(23)16-6-5-15(25-4)9-17(16)21/h5-6,9,12-14H,7-8,10-11H2,1-4H3. The molecule has 2 fully saturated rings. The Kier molecular flexibility index (Phi) is 5.42. The molecule has 6 nitrogen and oxygen atoms in total. The average molecular weight is 379 g/mol. The Balaban J connectivity index is 1.76. The zero-order valence-corrected chi connectivity index (χ0v) is 16.2. The molecule has 1 aromatic rings. The zero-order valence-electron chi connectivity index (χ0n) is 16.2. The van der Waals surface area contributed by atoms with Crippen molar-refractivity contribution in [1.29, 1.82) is 0 Å². The number of carbonyl (C=O) groups is 2. The highest BCUT2D eigenvalue weighted by atomic mass is 19.1. The summed E-state index contributed by atoms with van der Waals surface area (Å²) in [6.45, 7) is 6.16. The van der Waals surface area contributed by atoms with E-state index >= 15 is 0 Å². The van der Waals surface area contributed by atoms with Crippen LogP contribution in [0.15, 0.2) is 18.2 Å². The summed E-state index contributed by atoms with van der Waals surface area (Å²) in [6, 6.07) is 3.76. The lowest BCUT2D eigenvalue weighted by Gasteiger charge is -2.47. The summed E-state index contributed by atoms with van der Waals surface area (Å²) in [5.41, 5.74) is -0.531. The molecule has 0 aliphatic carbocycles. The molecular weight excluding hydrogens is 353 g/mol. The smallest absolute Gasteiger partial charge is 0.410 e. The fraction of sp³-hybridized carbons (Fsp3) is 0.600. The third-order valence-electron chi connectivity index (χ3n) is 4.94. The Bertz CT molecular complexity index is 716. The van der Waals surface area contributed by atoms with Gasteiger partial charge in [0.2, 0.25) is 0 Å². The van der Waals surface area contributed by atoms with Gasteiger partial charge in [-0.25, -0.2) is 9.18 Å². The van der Waals surface area contributed by atoms with Crippen LogP contribution in [0.5, 0.6) is 5.75 Å². The van der Waals surface area contributed by atoms with Crippen molar-refractivity contribution in [1.82, 2.24) is 4.90 Å². The van der Waals surface area contributed by atoms with Crippen LogP contribution in [0.1, 0.15) is 44.0 Å². The van der Waals surface area contributed by atoms with Crippen LogP contribution in [0.2, 0.25) is 0 Å². The molecule has 2 unspecified atom stereocenters. The van der Waals surface area contributed by atoms with Gasteiger partial charge in [0.1, 0.15) is 17.2 Å². The third kappa shape index (κ3) is 4.24. The second kappa shape index (κ2) is 7.46. The number of hydrogen-bond donors (Lipinski definition) is 0. The molecular formula is C20H26FNO5. The van der Waals surface area contributed by atoms with Crippen LogP contribution >= 0.6 is 0 Å². The Labute approximate surface area is 158 Å². The highest BCUT2D eigenvalue weighted by Crippen LogP contribution is 2.35. The van der Waals surface area contributed by atoms with E-state index in [0.29, 0.717) is 31.8 Å². The van der Waals surface area contributed by atoms with Crippen LogP contribution in [0.25, 0.3) is 0 Å². The van der Waals surface area contributed by atoms with Crippen molar-refractivity contribution in [3.05, 3.63) is 29.6 Å². The number of rotatable bonds is 3. The van der Waals surface area contributed by atoms with E-state index in [1.54, 1.807) is 11.0 Å². The molecule has 0 aromatic heterocycles. The summed E-state index contributed by atoms with van der Waals surface area (Å²) in [5, 5.41) is 0. The molecule has 1 amide bonds. The minimum atomic E-state index is -0.592. The molecule has 2 atom stereocenters. The van der Waals surface area contributed by atoms with E-state index in [1.807, 2.05) is 20.8 Å². The topological polar surface area (TPSA) is 65.1 Å². The summed E-state index contributed by atoms with van der Waals surface area (Å²) >= 11 is 0. The number of nitrogens with zero attached hydrogens (tertiary/aromatic N) is 1. The number of carbonyl (C=O) groups excluding carboxylic acids is 2. The first-order valence-corrected chi connectivity index (χ1v) is 9.16. The number of morpholine rings is 1. The molecule has 27 heavy (non-hydrogen) atoms. The van der Waals surface area contributed by atoms with Crippen molar-refractivity contribution in [2.24, 2.45) is 5.92 Å². The number of amides is 1. The van der Waals surface area contributed by atoms with Gasteiger partial charge in [0.05, 0.1) is 38.0 Å². The summed E-state index contributed by atoms with van der Waals surface area (Å²) < 4.78 is 30.4. The summed E-state index contributed by atoms with van der Waals surface area (Å²) in [6.07, 6.45) is 0.474. The van der Waals surface area contributed by atoms with E-state index < -0.39 is 11.4 Å². The highest BCUT2D eigenvalue weighted by Gasteiger charge is 2.45. The van der Waals surface area contributed by atoms with Crippen LogP contribution in [0.3, 0.4) is 0 Å². The Hall–Kier alpha value is -2.15. The molecule has 1 aromatic carbocycles. The first-order valence-electron chi connectivity index (χ1n) is 9.16. The number of piperidine rings is 1. The number of fused-ring (bicyclic) bond motifs is 2. The van der Waals surface area contributed by atoms with E-state index in [1.165, 1.54) is 19.2 Å². The molecule has 0 spiro atoms. The second-order valence-electron chi connectivity index (χ2n) is 8.11. The van der Waals surface area contributed by atoms with E-state index in [9.17, 15) is 14.0 Å². The normalized spacial score (nSPS) is 25.1. The zero-order chi connectivity index (χ0) is 19.8. The quantitative estimate of drug-likeness (QED) is 0.753. The molecule has 2 heterocycles. The summed E-state index contributed by atoms with van der Waals surface area (Å²) in [4.78, 5) is 27.2. The maximum Gasteiger partial charge on any atom is 0.410 e. The van der Waals surface area contributed by atoms with Crippen LogP contribution < -0.4 is 4.74 Å². The van der Waals surface area contributed by atoms with Crippen molar-refractivity contribution >= 4 is 11.9 Å². The molecule has 2 aliphatic heterocycles. The molecule has 148 valence electrons. The predicted molar refractivity (Wildman–Crippen MR) is 96.5 cm³/mol. The van der Waals surface area contributed by atoms with E-state index in [0.717, 1.165) is 0 Å². The Morgan fingerprint density at radius 1 is 1.19 bits per heavy atom. The number of Topliss-reactive ketones (excluding diaryl/α,β-unsaturated/α-hetero) is 1. The number of benzene rings is 1. The minimum absolute atomic E-state index is 0.0607. The van der Waals surface area contributed by atoms with Crippen molar-refractivity contribution in [2.45, 2.75) is 51.3 Å². The van der Waals surface area contributed by atoms with Gasteiger partial charge in [-0.1, -0.05) is 0 Å². The van der Waals surface area contributed by atoms with Crippen LogP contribution in [0.4, 0.5) is 9.18 Å². The van der Waals surface area contributed by atoms with Crippen molar-refractivity contribution in [3.8, 4) is 5.75 Å². The van der Waals surface area contributed by atoms with Gasteiger partial charge in [-0.2, -0.15) is 0 Å². The molecule has 2 bridgehead atoms. The largest absolute Gasteiger partial charge is 0.497 e. The van der Waals surface area contributed by atoms with Gasteiger partial charge in [0, 0.05) is 12.0 Å². The van der Waals surface area contributed by atoms with E-state index in [4.69, 9.17) is 14.2 Å². The van der Waals surface area contributed by atoms with Gasteiger partial charge in [-0.15, -0.1) is 0 Å². The van der Waals surface area contributed by atoms with E-state index in [2.05, 4.69) is 0 Å². The molecule has 2 saturated heterocycles. The van der Waals surface area contributed by atoms with Crippen molar-refractivity contribution in [2.75, 3.05) is 20.3 Å². The molecule has 0 saturated carbocycles. The lowest BCUT2D eigenvalue weighted by molar-refractivity contribution is -0.0861. The van der Waals surface area contributed by atoms with Gasteiger partial charge in [-0.3, -0.25) is 9.69 Å². The van der Waals surface area contributed by atoms with E-state index in [-0.39, 0.29) is 35.4 Å². The Morgan fingerprint density at radius 2 is 1.81 bits per heavy atom. The monoisotopic (exact) mass is 379 g/mol. The lowest BCUT2D eigenvalue weighted by atomic mass is 9.80. The molecule has 0 N–H and O–H groups in total. The summed E-state index contributed by atoms with van der Waals surface area (Å²) in [5.74, 6) is -0.814. The lowest BCUT2D eigenvalue weighted by Crippen LogP contribution is -2.60. The minimum Gasteiger partial charge on any atom is -0.497 e. The predicted octanol–water partition coefficient (Wildman–Crippen LogP) is 3.43. The Morgan fingerprint density at radius 3 is 2.33 bits per heavy atom. The molecule has 2 aliphatic rings. The maximum atomic E-state index is 14.3. The van der Waals surface area contributed by atoms with Crippen LogP contribution in [0, 0.1) is 11.7 Å². The molecule has 3 rings (SSSR count). The number of hydrogen-bond acceptors (Lipinski definition) is 5. The van der Waals surface area contributed by atoms with Gasteiger partial charge in [0.25, 0.3) is 0 Å². The molecule has 7 heteroatoms. The van der Waals surface area contributed by atoms with Crippen molar-refractivity contribution < 1.29 is 28.2 Å². The fourth-order valence-electron chi connectivity index (χ4n) is 3.78. The fourth-order valence-corrected chi connectivity index (χ4v) is 3.78. The average Bonchev–Trinajstić information content (AvgIpc) is 2.58. The second-order valence-corrected chi connectivity index (χ2v) is 8.11. The number of halogens is 1. The first kappa shape index (κ1) is 19.6. The number of ether oxygens (including phenoxy) is 3. The van der Waals surface area contributed by atoms with Gasteiger partial charge < -0.3 is 14.2 Å². The molecule has 0 radical (unpaired) electrons. The highest BCUT2D eigenvalue weighted by molar-refractivity contribution is 5.98. The van der Waals surface area contributed by atoms with Gasteiger partial charge in [0.15, 0.2) is 5.78 Å². The number of methoxy groups -OCH3 is 1. The van der Waals surface area contributed by atoms with Gasteiger partial charge >= 0.3 is 6.09 Å².